The van der Waals surface area contributed by atoms with Crippen molar-refractivity contribution in [3.8, 4) is 11.5 Å². The highest BCUT2D eigenvalue weighted by atomic mass is 32.2. The number of ether oxygens (including phenoxy) is 1. The maximum atomic E-state index is 12.8. The summed E-state index contributed by atoms with van der Waals surface area (Å²) in [6.07, 6.45) is 1.56. The van der Waals surface area contributed by atoms with Crippen molar-refractivity contribution in [2.24, 2.45) is 4.99 Å². The number of hydrogen-bond donors (Lipinski definition) is 1. The molecule has 0 bridgehead atoms. The van der Waals surface area contributed by atoms with Crippen molar-refractivity contribution in [2.75, 3.05) is 6.61 Å². The molecule has 1 aliphatic rings. The first-order chi connectivity index (χ1) is 12.6. The molecule has 1 saturated heterocycles. The molecule has 1 aromatic carbocycles. The van der Waals surface area contributed by atoms with Gasteiger partial charge in [0.15, 0.2) is 10.9 Å². The van der Waals surface area contributed by atoms with Crippen LogP contribution in [0, 0.1) is 10.1 Å². The standard InChI is InChI=1S/C18H23N3O5S/c1-6-26-14-8-12(7-13(16(14)22)21(24)25)9-15-17(23)20(11(4)5)18(27-15)19-10(2)3/h7-11,22H,6H2,1-5H3/b15-9+,19-18?. The second-order valence-corrected chi connectivity index (χ2v) is 7.47. The number of thioether (sulfide) groups is 1. The fourth-order valence-electron chi connectivity index (χ4n) is 2.51. The molecule has 0 spiro atoms. The van der Waals surface area contributed by atoms with Crippen LogP contribution in [0.4, 0.5) is 5.69 Å². The molecule has 27 heavy (non-hydrogen) atoms. The Morgan fingerprint density at radius 3 is 2.56 bits per heavy atom. The smallest absolute Gasteiger partial charge is 0.315 e. The summed E-state index contributed by atoms with van der Waals surface area (Å²) >= 11 is 1.23. The maximum Gasteiger partial charge on any atom is 0.315 e. The highest BCUT2D eigenvalue weighted by molar-refractivity contribution is 8.18. The molecule has 1 aliphatic heterocycles. The number of aliphatic imine (C=N–C) groups is 1. The molecule has 1 aromatic rings. The van der Waals surface area contributed by atoms with Crippen molar-refractivity contribution in [3.05, 3.63) is 32.7 Å². The Morgan fingerprint density at radius 1 is 1.37 bits per heavy atom. The minimum absolute atomic E-state index is 0.00535. The van der Waals surface area contributed by atoms with E-state index >= 15 is 0 Å². The van der Waals surface area contributed by atoms with Crippen molar-refractivity contribution in [2.45, 2.75) is 46.7 Å². The van der Waals surface area contributed by atoms with Gasteiger partial charge < -0.3 is 9.84 Å². The molecule has 1 fully saturated rings. The SMILES string of the molecule is CCOc1cc(/C=C2/SC(=NC(C)C)N(C(C)C)C2=O)cc([N+](=O)[O-])c1O. The number of hydrogen-bond acceptors (Lipinski definition) is 7. The molecule has 0 unspecified atom stereocenters. The second kappa shape index (κ2) is 8.43. The molecule has 1 N–H and O–H groups in total. The van der Waals surface area contributed by atoms with Crippen LogP contribution in [0.2, 0.25) is 0 Å². The number of carbonyl (C=O) groups excluding carboxylic acids is 1. The highest BCUT2D eigenvalue weighted by Crippen LogP contribution is 2.40. The summed E-state index contributed by atoms with van der Waals surface area (Å²) in [5, 5.41) is 21.8. The Balaban J connectivity index is 2.51. The van der Waals surface area contributed by atoms with E-state index in [2.05, 4.69) is 4.99 Å². The molecule has 146 valence electrons. The first kappa shape index (κ1) is 20.8. The summed E-state index contributed by atoms with van der Waals surface area (Å²) < 4.78 is 5.28. The van der Waals surface area contributed by atoms with Crippen LogP contribution in [-0.4, -0.2) is 44.7 Å². The number of nitro benzene ring substituents is 1. The zero-order valence-electron chi connectivity index (χ0n) is 15.9. The third-order valence-electron chi connectivity index (χ3n) is 3.59. The number of phenolic OH excluding ortho intramolecular Hbond substituents is 1. The summed E-state index contributed by atoms with van der Waals surface area (Å²) in [7, 11) is 0. The van der Waals surface area contributed by atoms with Crippen LogP contribution in [0.5, 0.6) is 11.5 Å². The van der Waals surface area contributed by atoms with Crippen molar-refractivity contribution in [3.63, 3.8) is 0 Å². The number of amides is 1. The maximum absolute atomic E-state index is 12.8. The Kier molecular flexibility index (Phi) is 6.48. The van der Waals surface area contributed by atoms with Crippen molar-refractivity contribution < 1.29 is 19.6 Å². The van der Waals surface area contributed by atoms with Gasteiger partial charge in [0.25, 0.3) is 5.91 Å². The van der Waals surface area contributed by atoms with Gasteiger partial charge in [-0.1, -0.05) is 0 Å². The Hall–Kier alpha value is -2.55. The van der Waals surface area contributed by atoms with Crippen LogP contribution in [0.1, 0.15) is 40.2 Å². The highest BCUT2D eigenvalue weighted by Gasteiger charge is 2.35. The van der Waals surface area contributed by atoms with E-state index in [4.69, 9.17) is 4.74 Å². The minimum Gasteiger partial charge on any atom is -0.500 e. The van der Waals surface area contributed by atoms with E-state index in [1.807, 2.05) is 27.7 Å². The lowest BCUT2D eigenvalue weighted by molar-refractivity contribution is -0.386. The number of amidine groups is 1. The van der Waals surface area contributed by atoms with E-state index in [9.17, 15) is 20.0 Å². The van der Waals surface area contributed by atoms with E-state index < -0.39 is 16.4 Å². The predicted molar refractivity (Wildman–Crippen MR) is 106 cm³/mol. The van der Waals surface area contributed by atoms with Crippen molar-refractivity contribution >= 4 is 34.6 Å². The van der Waals surface area contributed by atoms with Gasteiger partial charge in [0.1, 0.15) is 0 Å². The minimum atomic E-state index is -0.685. The molecule has 8 nitrogen and oxygen atoms in total. The van der Waals surface area contributed by atoms with Crippen molar-refractivity contribution in [1.82, 2.24) is 4.90 Å². The molecule has 0 aliphatic carbocycles. The van der Waals surface area contributed by atoms with E-state index in [1.54, 1.807) is 17.9 Å². The Morgan fingerprint density at radius 2 is 2.04 bits per heavy atom. The fraction of sp³-hybridized carbons (Fsp3) is 0.444. The molecule has 0 atom stereocenters. The number of carbonyl (C=O) groups is 1. The molecular weight excluding hydrogens is 370 g/mol. The third kappa shape index (κ3) is 4.60. The quantitative estimate of drug-likeness (QED) is 0.448. The number of nitro groups is 1. The van der Waals surface area contributed by atoms with Crippen molar-refractivity contribution in [1.29, 1.82) is 0 Å². The van der Waals surface area contributed by atoms with Gasteiger partial charge in [0, 0.05) is 18.2 Å². The molecular formula is C18H23N3O5S. The average molecular weight is 393 g/mol. The molecule has 1 heterocycles. The molecule has 1 amide bonds. The van der Waals surface area contributed by atoms with Gasteiger partial charge in [0.05, 0.1) is 16.4 Å². The van der Waals surface area contributed by atoms with Crippen LogP contribution in [-0.2, 0) is 4.79 Å². The van der Waals surface area contributed by atoms with E-state index in [-0.39, 0.29) is 30.3 Å². The van der Waals surface area contributed by atoms with Gasteiger partial charge in [-0.05, 0) is 64.1 Å². The number of nitrogens with zero attached hydrogens (tertiary/aromatic N) is 3. The van der Waals surface area contributed by atoms with Gasteiger partial charge in [-0.3, -0.25) is 24.8 Å². The van der Waals surface area contributed by atoms with Gasteiger partial charge in [-0.2, -0.15) is 0 Å². The van der Waals surface area contributed by atoms with E-state index in [1.165, 1.54) is 23.9 Å². The molecule has 9 heteroatoms. The Labute approximate surface area is 162 Å². The van der Waals surface area contributed by atoms with Gasteiger partial charge in [-0.15, -0.1) is 0 Å². The Bertz CT molecular complexity index is 817. The average Bonchev–Trinajstić information content (AvgIpc) is 2.85. The number of benzene rings is 1. The number of rotatable bonds is 6. The summed E-state index contributed by atoms with van der Waals surface area (Å²) in [5.41, 5.74) is -0.0756. The molecule has 0 radical (unpaired) electrons. The van der Waals surface area contributed by atoms with Crippen LogP contribution >= 0.6 is 11.8 Å². The molecule has 0 saturated carbocycles. The zero-order chi connectivity index (χ0) is 20.3. The van der Waals surface area contributed by atoms with Crippen LogP contribution in [0.15, 0.2) is 22.0 Å². The monoisotopic (exact) mass is 393 g/mol. The van der Waals surface area contributed by atoms with E-state index in [0.29, 0.717) is 15.6 Å². The first-order valence-electron chi connectivity index (χ1n) is 8.60. The summed E-state index contributed by atoms with van der Waals surface area (Å²) in [5.74, 6) is -0.728. The summed E-state index contributed by atoms with van der Waals surface area (Å²) in [6, 6.07) is 2.65. The number of phenols is 1. The fourth-order valence-corrected chi connectivity index (χ4v) is 3.74. The van der Waals surface area contributed by atoms with Gasteiger partial charge >= 0.3 is 5.69 Å². The molecule has 0 aromatic heterocycles. The van der Waals surface area contributed by atoms with Crippen LogP contribution in [0.25, 0.3) is 6.08 Å². The second-order valence-electron chi connectivity index (χ2n) is 6.46. The lowest BCUT2D eigenvalue weighted by Crippen LogP contribution is -2.35. The van der Waals surface area contributed by atoms with Gasteiger partial charge in [-0.25, -0.2) is 0 Å². The predicted octanol–water partition coefficient (Wildman–Crippen LogP) is 3.79. The topological polar surface area (TPSA) is 105 Å². The largest absolute Gasteiger partial charge is 0.500 e. The number of aromatic hydroxyl groups is 1. The normalized spacial score (nSPS) is 17.6. The van der Waals surface area contributed by atoms with Crippen LogP contribution < -0.4 is 4.74 Å². The lowest BCUT2D eigenvalue weighted by Gasteiger charge is -2.20. The van der Waals surface area contributed by atoms with E-state index in [0.717, 1.165) is 0 Å². The summed E-state index contributed by atoms with van der Waals surface area (Å²) in [4.78, 5) is 29.8. The zero-order valence-corrected chi connectivity index (χ0v) is 16.7. The molecule has 2 rings (SSSR count). The lowest BCUT2D eigenvalue weighted by atomic mass is 10.1. The van der Waals surface area contributed by atoms with Gasteiger partial charge in [0.2, 0.25) is 5.75 Å². The third-order valence-corrected chi connectivity index (χ3v) is 4.59. The summed E-state index contributed by atoms with van der Waals surface area (Å²) in [6.45, 7) is 9.60. The van der Waals surface area contributed by atoms with Crippen LogP contribution in [0.3, 0.4) is 0 Å². The first-order valence-corrected chi connectivity index (χ1v) is 9.42.